The zero-order valence-electron chi connectivity index (χ0n) is 9.61. The summed E-state index contributed by atoms with van der Waals surface area (Å²) in [7, 11) is 0. The molecule has 0 heterocycles. The topological polar surface area (TPSA) is 18.5 Å². The minimum atomic E-state index is -7.42. The molecule has 0 amide bonds. The average Bonchev–Trinajstić information content (AvgIpc) is 2.24. The highest BCUT2D eigenvalue weighted by Gasteiger charge is 2.80. The normalized spacial score (nSPS) is 14.7. The number of halogens is 14. The van der Waals surface area contributed by atoms with Crippen molar-refractivity contribution in [3.63, 3.8) is 0 Å². The Hall–Kier alpha value is -1.48. The van der Waals surface area contributed by atoms with Crippen LogP contribution in [0.5, 0.6) is 0 Å². The molecular weight excluding hydrogens is 382 g/mol. The van der Waals surface area contributed by atoms with Crippen molar-refractivity contribution in [1.29, 1.82) is 0 Å². The van der Waals surface area contributed by atoms with Crippen LogP contribution in [-0.4, -0.2) is 30.4 Å². The van der Waals surface area contributed by atoms with E-state index in [0.717, 1.165) is 0 Å². The fraction of sp³-hybridized carbons (Fsp3) is 0.714. The average molecular weight is 382 g/mol. The molecule has 0 unspecified atom stereocenters. The fourth-order valence-electron chi connectivity index (χ4n) is 0.668. The lowest BCUT2D eigenvalue weighted by Gasteiger charge is -2.33. The Kier molecular flexibility index (Phi) is 5.49. The molecule has 0 aromatic rings. The fourth-order valence-corrected chi connectivity index (χ4v) is 0.668. The highest BCUT2D eigenvalue weighted by molar-refractivity contribution is 4.92. The Morgan fingerprint density at radius 2 is 0.957 bits per heavy atom. The van der Waals surface area contributed by atoms with Crippen LogP contribution in [-0.2, 0) is 9.47 Å². The molecule has 0 aromatic heterocycles. The van der Waals surface area contributed by atoms with Crippen LogP contribution in [0.15, 0.2) is 12.1 Å². The molecule has 2 nitrogen and oxygen atoms in total. The standard InChI is InChI=1S/C7F14O2/c8-1(9)2(10)22-5(16,17)3(11,12)6(18,19)23-7(20,21)4(13,14)15. The van der Waals surface area contributed by atoms with E-state index in [2.05, 4.69) is 0 Å². The van der Waals surface area contributed by atoms with Gasteiger partial charge in [0, 0.05) is 0 Å². The van der Waals surface area contributed by atoms with E-state index in [1.165, 1.54) is 4.74 Å². The molecule has 16 heteroatoms. The van der Waals surface area contributed by atoms with Crippen molar-refractivity contribution >= 4 is 0 Å². The molecule has 0 spiro atoms. The molecule has 0 aliphatic heterocycles. The predicted molar refractivity (Wildman–Crippen MR) is 38.4 cm³/mol. The van der Waals surface area contributed by atoms with Crippen molar-refractivity contribution < 1.29 is 70.9 Å². The van der Waals surface area contributed by atoms with E-state index in [4.69, 9.17) is 0 Å². The van der Waals surface area contributed by atoms with E-state index >= 15 is 0 Å². The lowest BCUT2D eigenvalue weighted by Crippen LogP contribution is -2.60. The van der Waals surface area contributed by atoms with Gasteiger partial charge in [-0.05, 0) is 0 Å². The summed E-state index contributed by atoms with van der Waals surface area (Å²) in [5.41, 5.74) is 0. The van der Waals surface area contributed by atoms with Gasteiger partial charge in [0.05, 0.1) is 0 Å². The third kappa shape index (κ3) is 4.29. The maximum atomic E-state index is 12.6. The van der Waals surface area contributed by atoms with E-state index in [1.807, 2.05) is 4.74 Å². The second-order valence-corrected chi connectivity index (χ2v) is 3.36. The van der Waals surface area contributed by atoms with Gasteiger partial charge in [0.2, 0.25) is 0 Å². The van der Waals surface area contributed by atoms with Crippen molar-refractivity contribution in [2.75, 3.05) is 0 Å². The highest BCUT2D eigenvalue weighted by Crippen LogP contribution is 2.51. The molecule has 0 radical (unpaired) electrons. The first-order valence-electron chi connectivity index (χ1n) is 4.46. The van der Waals surface area contributed by atoms with Gasteiger partial charge in [-0.2, -0.15) is 61.5 Å². The van der Waals surface area contributed by atoms with Crippen LogP contribution in [0, 0.1) is 0 Å². The van der Waals surface area contributed by atoms with Crippen molar-refractivity contribution in [3.05, 3.63) is 12.1 Å². The largest absolute Gasteiger partial charge is 0.483 e. The molecule has 0 aliphatic carbocycles. The second kappa shape index (κ2) is 5.86. The van der Waals surface area contributed by atoms with Crippen molar-refractivity contribution in [2.45, 2.75) is 30.4 Å². The maximum absolute atomic E-state index is 12.6. The van der Waals surface area contributed by atoms with Gasteiger partial charge < -0.3 is 4.74 Å². The lowest BCUT2D eigenvalue weighted by molar-refractivity contribution is -0.516. The van der Waals surface area contributed by atoms with E-state index in [-0.39, 0.29) is 0 Å². The Morgan fingerprint density at radius 1 is 0.565 bits per heavy atom. The number of alkyl halides is 11. The van der Waals surface area contributed by atoms with Gasteiger partial charge in [0.15, 0.2) is 0 Å². The molecule has 0 aromatic carbocycles. The summed E-state index contributed by atoms with van der Waals surface area (Å²) in [5.74, 6) is -7.42. The predicted octanol–water partition coefficient (Wildman–Crippen LogP) is 5.03. The zero-order valence-corrected chi connectivity index (χ0v) is 9.61. The molecule has 0 rings (SSSR count). The summed E-state index contributed by atoms with van der Waals surface area (Å²) in [4.78, 5) is 0. The number of hydrogen-bond acceptors (Lipinski definition) is 2. The van der Waals surface area contributed by atoms with Crippen molar-refractivity contribution in [3.8, 4) is 0 Å². The molecule has 0 saturated heterocycles. The summed E-state index contributed by atoms with van der Waals surface area (Å²) in [6, 6.07) is -3.81. The van der Waals surface area contributed by atoms with Gasteiger partial charge in [-0.25, -0.2) is 4.74 Å². The SMILES string of the molecule is FC(F)=C(F)OC(F)(F)C(F)(F)C(F)(F)OC(F)(F)C(F)(F)F. The molecule has 0 N–H and O–H groups in total. The monoisotopic (exact) mass is 382 g/mol. The van der Waals surface area contributed by atoms with Crippen LogP contribution >= 0.6 is 0 Å². The second-order valence-electron chi connectivity index (χ2n) is 3.36. The van der Waals surface area contributed by atoms with Gasteiger partial charge in [-0.3, -0.25) is 0 Å². The summed E-state index contributed by atoms with van der Waals surface area (Å²) in [6.45, 7) is 0. The minimum Gasteiger partial charge on any atom is -0.397 e. The van der Waals surface area contributed by atoms with Crippen LogP contribution in [0.3, 0.4) is 0 Å². The minimum absolute atomic E-state index is 1.36. The summed E-state index contributed by atoms with van der Waals surface area (Å²) in [6.07, 6.45) is -32.2. The third-order valence-corrected chi connectivity index (χ3v) is 1.68. The Balaban J connectivity index is 5.66. The number of hydrogen-bond donors (Lipinski definition) is 0. The maximum Gasteiger partial charge on any atom is 0.483 e. The third-order valence-electron chi connectivity index (χ3n) is 1.68. The van der Waals surface area contributed by atoms with Crippen molar-refractivity contribution in [2.24, 2.45) is 0 Å². The van der Waals surface area contributed by atoms with E-state index in [9.17, 15) is 61.5 Å². The summed E-state index contributed by atoms with van der Waals surface area (Å²) >= 11 is 0. The first-order valence-corrected chi connectivity index (χ1v) is 4.46. The molecule has 0 aliphatic rings. The molecular formula is C7F14O2. The first-order chi connectivity index (χ1) is 9.78. The Bertz CT molecular complexity index is 458. The van der Waals surface area contributed by atoms with Crippen molar-refractivity contribution in [1.82, 2.24) is 0 Å². The quantitative estimate of drug-likeness (QED) is 0.474. The van der Waals surface area contributed by atoms with Gasteiger partial charge in [-0.1, -0.05) is 0 Å². The molecule has 138 valence electrons. The van der Waals surface area contributed by atoms with Crippen LogP contribution in [0.25, 0.3) is 0 Å². The van der Waals surface area contributed by atoms with Crippen LogP contribution in [0.2, 0.25) is 0 Å². The van der Waals surface area contributed by atoms with Crippen LogP contribution in [0.1, 0.15) is 0 Å². The Labute approximate surface area is 115 Å². The molecule has 23 heavy (non-hydrogen) atoms. The number of rotatable bonds is 6. The van der Waals surface area contributed by atoms with E-state index in [1.54, 1.807) is 0 Å². The molecule has 0 atom stereocenters. The summed E-state index contributed by atoms with van der Waals surface area (Å²) < 4.78 is 172. The lowest BCUT2D eigenvalue weighted by atomic mass is 10.3. The van der Waals surface area contributed by atoms with Gasteiger partial charge >= 0.3 is 42.5 Å². The van der Waals surface area contributed by atoms with Gasteiger partial charge in [0.1, 0.15) is 0 Å². The highest BCUT2D eigenvalue weighted by atomic mass is 19.4. The van der Waals surface area contributed by atoms with Crippen LogP contribution < -0.4 is 0 Å². The number of ether oxygens (including phenoxy) is 2. The first kappa shape index (κ1) is 21.5. The summed E-state index contributed by atoms with van der Waals surface area (Å²) in [5, 5.41) is 0. The zero-order chi connectivity index (χ0) is 19.1. The molecule has 0 saturated carbocycles. The smallest absolute Gasteiger partial charge is 0.397 e. The van der Waals surface area contributed by atoms with Gasteiger partial charge in [0.25, 0.3) is 0 Å². The van der Waals surface area contributed by atoms with Crippen LogP contribution in [0.4, 0.5) is 61.5 Å². The van der Waals surface area contributed by atoms with E-state index in [0.29, 0.717) is 0 Å². The molecule has 0 bridgehead atoms. The van der Waals surface area contributed by atoms with Gasteiger partial charge in [-0.15, -0.1) is 0 Å². The van der Waals surface area contributed by atoms with E-state index < -0.39 is 42.5 Å². The Morgan fingerprint density at radius 3 is 1.26 bits per heavy atom. The molecule has 0 fully saturated rings.